The number of pyridine rings is 1. The summed E-state index contributed by atoms with van der Waals surface area (Å²) in [5.41, 5.74) is 5.61. The Balaban J connectivity index is 1.26. The van der Waals surface area contributed by atoms with Crippen molar-refractivity contribution in [3.63, 3.8) is 0 Å². The molecular formula is C37H41N5O4. The number of urea groups is 1. The summed E-state index contributed by atoms with van der Waals surface area (Å²) in [7, 11) is 1.63. The number of nitrogens with zero attached hydrogens (tertiary/aromatic N) is 3. The van der Waals surface area contributed by atoms with E-state index in [1.807, 2.05) is 97.9 Å². The van der Waals surface area contributed by atoms with Crippen LogP contribution in [0.4, 0.5) is 10.6 Å². The van der Waals surface area contributed by atoms with Gasteiger partial charge < -0.3 is 19.4 Å². The predicted octanol–water partition coefficient (Wildman–Crippen LogP) is 6.91. The van der Waals surface area contributed by atoms with Gasteiger partial charge in [0.1, 0.15) is 23.9 Å². The normalized spacial score (nSPS) is 11.3. The van der Waals surface area contributed by atoms with E-state index in [4.69, 9.17) is 14.6 Å². The molecule has 9 heteroatoms. The van der Waals surface area contributed by atoms with Gasteiger partial charge in [-0.15, -0.1) is 0 Å². The molecule has 2 heterocycles. The van der Waals surface area contributed by atoms with Crippen LogP contribution in [-0.4, -0.2) is 27.5 Å². The molecule has 46 heavy (non-hydrogen) atoms. The first kappa shape index (κ1) is 32.1. The number of anilines is 1. The SMILES string of the molecule is COc1ccc(Cn2c(C)cc(OCc3ccccc3CNC(=O)Nc3cc(C(C)(C)C)nn3-c3ccccc3)c(C)c2=O)cc1. The number of rotatable bonds is 10. The lowest BCUT2D eigenvalue weighted by molar-refractivity contribution is 0.251. The van der Waals surface area contributed by atoms with E-state index in [2.05, 4.69) is 31.4 Å². The molecule has 9 nitrogen and oxygen atoms in total. The number of amides is 2. The summed E-state index contributed by atoms with van der Waals surface area (Å²) in [5, 5.41) is 10.7. The topological polar surface area (TPSA) is 99.4 Å². The molecule has 0 spiro atoms. The van der Waals surface area contributed by atoms with Crippen LogP contribution in [0.3, 0.4) is 0 Å². The van der Waals surface area contributed by atoms with Gasteiger partial charge in [-0.3, -0.25) is 10.1 Å². The van der Waals surface area contributed by atoms with Crippen molar-refractivity contribution in [1.82, 2.24) is 19.7 Å². The van der Waals surface area contributed by atoms with Crippen molar-refractivity contribution in [3.8, 4) is 17.2 Å². The molecule has 0 saturated heterocycles. The minimum absolute atomic E-state index is 0.0956. The molecule has 2 amide bonds. The minimum Gasteiger partial charge on any atom is -0.497 e. The smallest absolute Gasteiger partial charge is 0.320 e. The van der Waals surface area contributed by atoms with Gasteiger partial charge in [-0.25, -0.2) is 9.48 Å². The first-order chi connectivity index (χ1) is 22.0. The van der Waals surface area contributed by atoms with E-state index < -0.39 is 0 Å². The average molecular weight is 620 g/mol. The van der Waals surface area contributed by atoms with Crippen LogP contribution in [0.1, 0.15) is 54.4 Å². The number of aryl methyl sites for hydroxylation is 1. The molecule has 3 aromatic carbocycles. The molecule has 0 saturated carbocycles. The van der Waals surface area contributed by atoms with Crippen LogP contribution in [0, 0.1) is 13.8 Å². The lowest BCUT2D eigenvalue weighted by Gasteiger charge is -2.17. The summed E-state index contributed by atoms with van der Waals surface area (Å²) >= 11 is 0. The highest BCUT2D eigenvalue weighted by Crippen LogP contribution is 2.26. The number of ether oxygens (including phenoxy) is 2. The minimum atomic E-state index is -0.347. The first-order valence-electron chi connectivity index (χ1n) is 15.3. The van der Waals surface area contributed by atoms with Gasteiger partial charge in [0.05, 0.1) is 30.6 Å². The van der Waals surface area contributed by atoms with E-state index in [9.17, 15) is 9.59 Å². The molecule has 238 valence electrons. The fourth-order valence-electron chi connectivity index (χ4n) is 5.07. The Labute approximate surface area is 269 Å². The second-order valence-corrected chi connectivity index (χ2v) is 12.3. The third kappa shape index (κ3) is 7.48. The molecule has 0 aliphatic heterocycles. The molecule has 0 radical (unpaired) electrons. The van der Waals surface area contributed by atoms with Crippen molar-refractivity contribution in [1.29, 1.82) is 0 Å². The van der Waals surface area contributed by atoms with Crippen molar-refractivity contribution >= 4 is 11.8 Å². The van der Waals surface area contributed by atoms with E-state index in [1.54, 1.807) is 23.3 Å². The fraction of sp³-hybridized carbons (Fsp3) is 0.270. The zero-order valence-corrected chi connectivity index (χ0v) is 27.3. The fourth-order valence-corrected chi connectivity index (χ4v) is 5.07. The molecule has 0 fully saturated rings. The molecule has 0 unspecified atom stereocenters. The van der Waals surface area contributed by atoms with Gasteiger partial charge in [0.2, 0.25) is 0 Å². The molecule has 0 aliphatic carbocycles. The molecule has 5 aromatic rings. The Bertz CT molecular complexity index is 1870. The highest BCUT2D eigenvalue weighted by molar-refractivity contribution is 5.88. The van der Waals surface area contributed by atoms with E-state index in [-0.39, 0.29) is 23.6 Å². The number of hydrogen-bond acceptors (Lipinski definition) is 5. The average Bonchev–Trinajstić information content (AvgIpc) is 3.48. The number of benzene rings is 3. The number of nitrogens with one attached hydrogen (secondary N) is 2. The predicted molar refractivity (Wildman–Crippen MR) is 181 cm³/mol. The Hall–Kier alpha value is -5.31. The lowest BCUT2D eigenvalue weighted by atomic mass is 9.92. The van der Waals surface area contributed by atoms with Crippen molar-refractivity contribution < 1.29 is 14.3 Å². The van der Waals surface area contributed by atoms with Crippen molar-refractivity contribution in [2.45, 2.75) is 59.7 Å². The molecule has 5 rings (SSSR count). The first-order valence-corrected chi connectivity index (χ1v) is 15.3. The van der Waals surface area contributed by atoms with Crippen LogP contribution in [0.5, 0.6) is 11.5 Å². The highest BCUT2D eigenvalue weighted by atomic mass is 16.5. The quantitative estimate of drug-likeness (QED) is 0.177. The molecule has 0 atom stereocenters. The van der Waals surface area contributed by atoms with Crippen LogP contribution < -0.4 is 25.7 Å². The van der Waals surface area contributed by atoms with Gasteiger partial charge >= 0.3 is 6.03 Å². The van der Waals surface area contributed by atoms with E-state index >= 15 is 0 Å². The van der Waals surface area contributed by atoms with Crippen LogP contribution in [0.25, 0.3) is 5.69 Å². The maximum Gasteiger partial charge on any atom is 0.320 e. The van der Waals surface area contributed by atoms with Crippen molar-refractivity contribution in [2.75, 3.05) is 12.4 Å². The molecule has 0 aliphatic rings. The van der Waals surface area contributed by atoms with Crippen molar-refractivity contribution in [2.24, 2.45) is 0 Å². The Morgan fingerprint density at radius 1 is 0.891 bits per heavy atom. The van der Waals surface area contributed by atoms with Gasteiger partial charge in [0, 0.05) is 23.7 Å². The van der Waals surface area contributed by atoms with Crippen LogP contribution in [-0.2, 0) is 25.1 Å². The Morgan fingerprint density at radius 2 is 1.57 bits per heavy atom. The van der Waals surface area contributed by atoms with E-state index in [0.717, 1.165) is 39.5 Å². The Morgan fingerprint density at radius 3 is 2.24 bits per heavy atom. The van der Waals surface area contributed by atoms with Crippen LogP contribution in [0.2, 0.25) is 0 Å². The van der Waals surface area contributed by atoms with Gasteiger partial charge in [0.25, 0.3) is 5.56 Å². The zero-order valence-electron chi connectivity index (χ0n) is 27.3. The lowest BCUT2D eigenvalue weighted by Crippen LogP contribution is -2.29. The number of para-hydroxylation sites is 1. The van der Waals surface area contributed by atoms with Crippen LogP contribution >= 0.6 is 0 Å². The zero-order chi connectivity index (χ0) is 32.8. The summed E-state index contributed by atoms with van der Waals surface area (Å²) in [6.07, 6.45) is 0. The summed E-state index contributed by atoms with van der Waals surface area (Å²) in [6, 6.07) is 28.6. The van der Waals surface area contributed by atoms with Gasteiger partial charge in [0.15, 0.2) is 0 Å². The van der Waals surface area contributed by atoms with Crippen LogP contribution in [0.15, 0.2) is 95.8 Å². The summed E-state index contributed by atoms with van der Waals surface area (Å²) in [5.74, 6) is 1.89. The highest BCUT2D eigenvalue weighted by Gasteiger charge is 2.21. The largest absolute Gasteiger partial charge is 0.497 e. The van der Waals surface area contributed by atoms with Gasteiger partial charge in [-0.1, -0.05) is 75.4 Å². The number of hydrogen-bond donors (Lipinski definition) is 2. The van der Waals surface area contributed by atoms with E-state index in [0.29, 0.717) is 30.2 Å². The summed E-state index contributed by atoms with van der Waals surface area (Å²) < 4.78 is 14.9. The number of carbonyl (C=O) groups is 1. The standard InChI is InChI=1S/C37H41N5O4/c1-25-20-32(26(2)35(43)41(25)23-27-16-18-31(45-6)19-17-27)46-24-29-13-11-10-12-28(29)22-38-36(44)39-34-21-33(37(3,4)5)40-42(34)30-14-8-7-9-15-30/h7-21H,22-24H2,1-6H3,(H2,38,39,44). The number of carbonyl (C=O) groups excluding carboxylic acids is 1. The van der Waals surface area contributed by atoms with E-state index in [1.165, 1.54) is 0 Å². The molecule has 2 N–H and O–H groups in total. The third-order valence-electron chi connectivity index (χ3n) is 7.86. The molecule has 2 aromatic heterocycles. The molecule has 0 bridgehead atoms. The van der Waals surface area contributed by atoms with Gasteiger partial charge in [-0.2, -0.15) is 5.10 Å². The monoisotopic (exact) mass is 619 g/mol. The maximum atomic E-state index is 13.3. The molecular weight excluding hydrogens is 578 g/mol. The second kappa shape index (κ2) is 13.8. The third-order valence-corrected chi connectivity index (χ3v) is 7.86. The van der Waals surface area contributed by atoms with Crippen molar-refractivity contribution in [3.05, 3.63) is 135 Å². The summed E-state index contributed by atoms with van der Waals surface area (Å²) in [4.78, 5) is 26.4. The number of aromatic nitrogens is 3. The van der Waals surface area contributed by atoms with Gasteiger partial charge in [-0.05, 0) is 60.9 Å². The number of methoxy groups -OCH3 is 1. The Kier molecular flexibility index (Phi) is 9.61. The second-order valence-electron chi connectivity index (χ2n) is 12.3. The maximum absolute atomic E-state index is 13.3. The summed E-state index contributed by atoms with van der Waals surface area (Å²) in [6.45, 7) is 10.9.